The number of rotatable bonds is 11. The largest absolute Gasteiger partial charge is 1.00 e. The summed E-state index contributed by atoms with van der Waals surface area (Å²) in [6, 6.07) is 8.71. The summed E-state index contributed by atoms with van der Waals surface area (Å²) in [7, 11) is -5.17. The summed E-state index contributed by atoms with van der Waals surface area (Å²) < 4.78 is 34.1. The van der Waals surface area contributed by atoms with Crippen LogP contribution in [0, 0.1) is 0 Å². The Morgan fingerprint density at radius 2 is 1.06 bits per heavy atom. The topological polar surface area (TPSA) is 236 Å². The quantitative estimate of drug-likeness (QED) is 0.0681. The molecule has 0 spiro atoms. The number of unbranched alkanes of at least 4 members (excludes halogenated alkanes) is 5. The van der Waals surface area contributed by atoms with E-state index in [1.807, 2.05) is 6.07 Å². The van der Waals surface area contributed by atoms with Crippen LogP contribution in [-0.2, 0) is 20.0 Å². The van der Waals surface area contributed by atoms with Crippen molar-refractivity contribution in [2.75, 3.05) is 13.2 Å². The molecule has 0 aliphatic heterocycles. The first-order valence-electron chi connectivity index (χ1n) is 9.57. The van der Waals surface area contributed by atoms with Gasteiger partial charge in [0.15, 0.2) is 0 Å². The molecule has 1 aromatic carbocycles. The molecule has 0 radical (unpaired) electrons. The molecule has 0 bridgehead atoms. The maximum Gasteiger partial charge on any atom is 1.00 e. The summed E-state index contributed by atoms with van der Waals surface area (Å²) >= 11 is 0. The van der Waals surface area contributed by atoms with Gasteiger partial charge in [0.05, 0.1) is 13.2 Å². The fraction of sp³-hybridized carbons (Fsp3) is 0.579. The van der Waals surface area contributed by atoms with Crippen molar-refractivity contribution in [1.29, 1.82) is 0 Å². The number of aliphatic hydroxyl groups excluding tert-OH is 3. The van der Waals surface area contributed by atoms with E-state index in [2.05, 4.69) is 0 Å². The van der Waals surface area contributed by atoms with E-state index in [0.717, 1.165) is 38.5 Å². The van der Waals surface area contributed by atoms with Crippen LogP contribution in [0.1, 0.15) is 51.4 Å². The zero-order valence-electron chi connectivity index (χ0n) is 19.6. The second-order valence-corrected chi connectivity index (χ2v) is 6.99. The third-order valence-electron chi connectivity index (χ3n) is 3.21. The molecule has 0 atom stereocenters. The van der Waals surface area contributed by atoms with Gasteiger partial charge in [-0.15, -0.1) is 0 Å². The molecule has 0 aromatic heterocycles. The van der Waals surface area contributed by atoms with Gasteiger partial charge in [0.2, 0.25) is 0 Å². The molecule has 1 aromatic rings. The summed E-state index contributed by atoms with van der Waals surface area (Å²) in [6.07, 6.45) is 4.87. The van der Waals surface area contributed by atoms with Crippen molar-refractivity contribution in [1.82, 2.24) is 0 Å². The molecule has 188 valence electrons. The molecule has 12 nitrogen and oxygen atoms in total. The number of carbonyl (C=O) groups is 2. The van der Waals surface area contributed by atoms with E-state index in [1.54, 1.807) is 24.3 Å². The Hall–Kier alpha value is -0.290. The van der Waals surface area contributed by atoms with Crippen LogP contribution in [0.3, 0.4) is 0 Å². The zero-order chi connectivity index (χ0) is 25.4. The van der Waals surface area contributed by atoms with Gasteiger partial charge in [-0.3, -0.25) is 18.0 Å². The van der Waals surface area contributed by atoms with Crippen molar-refractivity contribution in [3.63, 3.8) is 0 Å². The summed E-state index contributed by atoms with van der Waals surface area (Å²) in [4.78, 5) is 20.3. The number of para-hydroxylation sites is 1. The van der Waals surface area contributed by atoms with Crippen molar-refractivity contribution in [2.45, 2.75) is 57.5 Å². The minimum absolute atomic E-state index is 0. The van der Waals surface area contributed by atoms with E-state index < -0.39 is 28.4 Å². The second-order valence-electron chi connectivity index (χ2n) is 6.17. The molecule has 1 rings (SSSR count). The van der Waals surface area contributed by atoms with Crippen LogP contribution in [0.15, 0.2) is 30.3 Å². The van der Waals surface area contributed by atoms with Gasteiger partial charge in [-0.2, -0.15) is 0 Å². The van der Waals surface area contributed by atoms with Crippen LogP contribution in [0.25, 0.3) is 0 Å². The standard InChI is InChI=1S/C10H18O4.C6H6O.C3H8O3.2Na.H2O4S/c11-9(12)7-5-3-1-2-4-6-8-10(13)14;7-6-4-2-1-3-5-6;4-1-3(6)2-5;;;1-5(2,3)4/h1-8H2,(H,11,12)(H,13,14);1-5,7H;3-6H,1-2H2;;;(H2,1,2,3,4)/q;;;2*+1;/p-2. The number of benzene rings is 1. The van der Waals surface area contributed by atoms with Crippen molar-refractivity contribution in [2.24, 2.45) is 0 Å². The molecular formula is C19H32Na2O12S. The Labute approximate surface area is 244 Å². The van der Waals surface area contributed by atoms with E-state index in [9.17, 15) is 9.59 Å². The van der Waals surface area contributed by atoms with Crippen LogP contribution in [0.4, 0.5) is 0 Å². The molecule has 0 aliphatic carbocycles. The first kappa shape index (κ1) is 43.8. The smallest absolute Gasteiger partial charge is 0.759 e. The molecule has 0 aliphatic rings. The number of carboxylic acids is 2. The average molecular weight is 531 g/mol. The Bertz CT molecular complexity index is 643. The van der Waals surface area contributed by atoms with Crippen LogP contribution >= 0.6 is 0 Å². The minimum atomic E-state index is -5.17. The zero-order valence-corrected chi connectivity index (χ0v) is 24.4. The number of hydrogen-bond donors (Lipinski definition) is 6. The van der Waals surface area contributed by atoms with Crippen molar-refractivity contribution < 1.29 is 117 Å². The van der Waals surface area contributed by atoms with Crippen molar-refractivity contribution in [3.8, 4) is 5.75 Å². The SMILES string of the molecule is O=C(O)CCCCCCCCC(=O)O.O=S(=O)([O-])[O-].OCC(O)CO.Oc1ccccc1.[Na+].[Na+]. The summed E-state index contributed by atoms with van der Waals surface area (Å²) in [5, 5.41) is 49.3. The van der Waals surface area contributed by atoms with Gasteiger partial charge >= 0.3 is 71.1 Å². The monoisotopic (exact) mass is 530 g/mol. The van der Waals surface area contributed by atoms with E-state index in [1.165, 1.54) is 0 Å². The number of aliphatic hydroxyl groups is 3. The molecule has 0 fully saturated rings. The molecule has 15 heteroatoms. The molecular weight excluding hydrogens is 498 g/mol. The predicted molar refractivity (Wildman–Crippen MR) is 111 cm³/mol. The third kappa shape index (κ3) is 58.0. The number of carboxylic acid groups (broad SMARTS) is 2. The summed E-state index contributed by atoms with van der Waals surface area (Å²) in [5.74, 6) is -1.16. The fourth-order valence-electron chi connectivity index (χ4n) is 1.75. The van der Waals surface area contributed by atoms with Gasteiger partial charge in [0.25, 0.3) is 0 Å². The first-order chi connectivity index (χ1) is 14.8. The number of aromatic hydroxyl groups is 1. The molecule has 0 amide bonds. The molecule has 0 unspecified atom stereocenters. The van der Waals surface area contributed by atoms with E-state index in [-0.39, 0.29) is 85.2 Å². The molecule has 0 saturated heterocycles. The number of hydrogen-bond acceptors (Lipinski definition) is 10. The van der Waals surface area contributed by atoms with Gasteiger partial charge in [0, 0.05) is 23.2 Å². The van der Waals surface area contributed by atoms with Gasteiger partial charge in [-0.25, -0.2) is 0 Å². The molecule has 34 heavy (non-hydrogen) atoms. The van der Waals surface area contributed by atoms with Crippen LogP contribution in [-0.4, -0.2) is 79.4 Å². The maximum absolute atomic E-state index is 10.1. The molecule has 0 heterocycles. The van der Waals surface area contributed by atoms with Gasteiger partial charge < -0.3 is 39.7 Å². The van der Waals surface area contributed by atoms with Gasteiger partial charge in [-0.1, -0.05) is 43.9 Å². The Kier molecular flexibility index (Phi) is 39.6. The predicted octanol–water partition coefficient (Wildman–Crippen LogP) is -5.33. The normalized spacial score (nSPS) is 9.35. The van der Waals surface area contributed by atoms with E-state index in [0.29, 0.717) is 5.75 Å². The van der Waals surface area contributed by atoms with Crippen molar-refractivity contribution >= 4 is 22.3 Å². The number of aliphatic carboxylic acids is 2. The molecule has 6 N–H and O–H groups in total. The van der Waals surface area contributed by atoms with Gasteiger partial charge in [0.1, 0.15) is 11.9 Å². The fourth-order valence-corrected chi connectivity index (χ4v) is 1.75. The minimum Gasteiger partial charge on any atom is -0.759 e. The van der Waals surface area contributed by atoms with Crippen molar-refractivity contribution in [3.05, 3.63) is 30.3 Å². The second kappa shape index (κ2) is 30.7. The Balaban J connectivity index is -0.000000118. The molecule has 0 saturated carbocycles. The van der Waals surface area contributed by atoms with Crippen LogP contribution in [0.2, 0.25) is 0 Å². The average Bonchev–Trinajstić information content (AvgIpc) is 2.69. The number of phenolic OH excluding ortho intramolecular Hbond substituents is 1. The number of phenols is 1. The van der Waals surface area contributed by atoms with E-state index in [4.69, 9.17) is 48.2 Å². The van der Waals surface area contributed by atoms with E-state index >= 15 is 0 Å². The third-order valence-corrected chi connectivity index (χ3v) is 3.21. The van der Waals surface area contributed by atoms with Crippen LogP contribution in [0.5, 0.6) is 5.75 Å². The summed E-state index contributed by atoms with van der Waals surface area (Å²) in [6.45, 7) is -0.729. The first-order valence-corrected chi connectivity index (χ1v) is 10.9. The maximum atomic E-state index is 10.1. The summed E-state index contributed by atoms with van der Waals surface area (Å²) in [5.41, 5.74) is 0. The Morgan fingerprint density at radius 1 is 0.765 bits per heavy atom. The Morgan fingerprint density at radius 3 is 1.24 bits per heavy atom. The van der Waals surface area contributed by atoms with Gasteiger partial charge in [-0.05, 0) is 25.0 Å². The van der Waals surface area contributed by atoms with Crippen LogP contribution < -0.4 is 59.1 Å².